The fourth-order valence-corrected chi connectivity index (χ4v) is 4.82. The number of hydrogen-bond acceptors (Lipinski definition) is 6. The van der Waals surface area contributed by atoms with Gasteiger partial charge in [-0.25, -0.2) is 4.98 Å². The molecular formula is C23H22N4O2S. The summed E-state index contributed by atoms with van der Waals surface area (Å²) in [4.78, 5) is 23.9. The highest BCUT2D eigenvalue weighted by Crippen LogP contribution is 2.26. The molecule has 0 bridgehead atoms. The van der Waals surface area contributed by atoms with E-state index in [9.17, 15) is 4.79 Å². The Morgan fingerprint density at radius 3 is 3.07 bits per heavy atom. The highest BCUT2D eigenvalue weighted by Gasteiger charge is 2.26. The lowest BCUT2D eigenvalue weighted by molar-refractivity contribution is 0.0668. The molecule has 0 saturated carbocycles. The molecule has 1 atom stereocenters. The SMILES string of the molecule is Cc1ccccc1-c1noc(CC2CCCN(C(=O)c3ccc4ncsc4c3)C2)n1. The van der Waals surface area contributed by atoms with Crippen LogP contribution in [-0.4, -0.2) is 39.0 Å². The number of piperidine rings is 1. The van der Waals surface area contributed by atoms with Crippen LogP contribution in [0.1, 0.15) is 34.7 Å². The topological polar surface area (TPSA) is 72.1 Å². The van der Waals surface area contributed by atoms with E-state index in [1.165, 1.54) is 0 Å². The summed E-state index contributed by atoms with van der Waals surface area (Å²) in [5.74, 6) is 1.67. The van der Waals surface area contributed by atoms with Crippen molar-refractivity contribution in [2.75, 3.05) is 13.1 Å². The normalized spacial score (nSPS) is 16.8. The molecule has 3 heterocycles. The minimum Gasteiger partial charge on any atom is -0.339 e. The zero-order chi connectivity index (χ0) is 20.5. The van der Waals surface area contributed by atoms with Crippen LogP contribution in [0.25, 0.3) is 21.6 Å². The largest absolute Gasteiger partial charge is 0.339 e. The number of aryl methyl sites for hydroxylation is 1. The average Bonchev–Trinajstić information content (AvgIpc) is 3.42. The van der Waals surface area contributed by atoms with Gasteiger partial charge in [-0.2, -0.15) is 4.98 Å². The maximum absolute atomic E-state index is 13.0. The zero-order valence-electron chi connectivity index (χ0n) is 16.7. The maximum Gasteiger partial charge on any atom is 0.253 e. The van der Waals surface area contributed by atoms with Gasteiger partial charge >= 0.3 is 0 Å². The maximum atomic E-state index is 13.0. The molecule has 7 heteroatoms. The zero-order valence-corrected chi connectivity index (χ0v) is 17.6. The third kappa shape index (κ3) is 3.73. The number of nitrogens with zero attached hydrogens (tertiary/aromatic N) is 4. The Hall–Kier alpha value is -3.06. The predicted octanol–water partition coefficient (Wildman–Crippen LogP) is 4.75. The van der Waals surface area contributed by atoms with Crippen molar-refractivity contribution in [3.05, 3.63) is 65.0 Å². The Labute approximate surface area is 178 Å². The number of likely N-dealkylation sites (tertiary alicyclic amines) is 1. The second-order valence-electron chi connectivity index (χ2n) is 7.83. The molecule has 1 aliphatic heterocycles. The third-order valence-electron chi connectivity index (χ3n) is 5.70. The van der Waals surface area contributed by atoms with Gasteiger partial charge < -0.3 is 9.42 Å². The summed E-state index contributed by atoms with van der Waals surface area (Å²) in [6, 6.07) is 13.8. The summed E-state index contributed by atoms with van der Waals surface area (Å²) in [6.07, 6.45) is 2.73. The van der Waals surface area contributed by atoms with E-state index in [-0.39, 0.29) is 5.91 Å². The molecule has 6 nitrogen and oxygen atoms in total. The number of carbonyl (C=O) groups excluding carboxylic acids is 1. The third-order valence-corrected chi connectivity index (χ3v) is 6.49. The van der Waals surface area contributed by atoms with Crippen molar-refractivity contribution >= 4 is 27.5 Å². The van der Waals surface area contributed by atoms with Crippen molar-refractivity contribution in [1.82, 2.24) is 20.0 Å². The van der Waals surface area contributed by atoms with Gasteiger partial charge in [-0.15, -0.1) is 11.3 Å². The van der Waals surface area contributed by atoms with Crippen LogP contribution in [0.5, 0.6) is 0 Å². The van der Waals surface area contributed by atoms with E-state index in [1.54, 1.807) is 11.3 Å². The van der Waals surface area contributed by atoms with Gasteiger partial charge in [0.2, 0.25) is 11.7 Å². The minimum atomic E-state index is 0.0844. The van der Waals surface area contributed by atoms with E-state index < -0.39 is 0 Å². The number of amides is 1. The van der Waals surface area contributed by atoms with Crippen molar-refractivity contribution in [3.63, 3.8) is 0 Å². The summed E-state index contributed by atoms with van der Waals surface area (Å²) in [5.41, 5.74) is 5.59. The molecule has 1 saturated heterocycles. The van der Waals surface area contributed by atoms with Gasteiger partial charge in [-0.05, 0) is 49.4 Å². The number of benzene rings is 2. The van der Waals surface area contributed by atoms with Gasteiger partial charge in [0.15, 0.2) is 0 Å². The molecule has 0 N–H and O–H groups in total. The number of hydrogen-bond donors (Lipinski definition) is 0. The van der Waals surface area contributed by atoms with Crippen LogP contribution >= 0.6 is 11.3 Å². The molecule has 1 fully saturated rings. The van der Waals surface area contributed by atoms with Crippen molar-refractivity contribution in [3.8, 4) is 11.4 Å². The van der Waals surface area contributed by atoms with Crippen molar-refractivity contribution in [1.29, 1.82) is 0 Å². The smallest absolute Gasteiger partial charge is 0.253 e. The average molecular weight is 419 g/mol. The quantitative estimate of drug-likeness (QED) is 0.478. The van der Waals surface area contributed by atoms with E-state index in [0.29, 0.717) is 30.6 Å². The van der Waals surface area contributed by atoms with Gasteiger partial charge in [0.05, 0.1) is 15.7 Å². The molecule has 1 amide bonds. The molecule has 152 valence electrons. The minimum absolute atomic E-state index is 0.0844. The Bertz CT molecular complexity index is 1200. The Kier molecular flexibility index (Phi) is 5.04. The summed E-state index contributed by atoms with van der Waals surface area (Å²) in [6.45, 7) is 3.54. The molecular weight excluding hydrogens is 396 g/mol. The fraction of sp³-hybridized carbons (Fsp3) is 0.304. The van der Waals surface area contributed by atoms with Crippen LogP contribution in [0.15, 0.2) is 52.5 Å². The van der Waals surface area contributed by atoms with Crippen LogP contribution in [0.2, 0.25) is 0 Å². The first-order valence-electron chi connectivity index (χ1n) is 10.2. The lowest BCUT2D eigenvalue weighted by Crippen LogP contribution is -2.40. The first-order chi connectivity index (χ1) is 14.7. The molecule has 2 aromatic heterocycles. The van der Waals surface area contributed by atoms with Gasteiger partial charge in [-0.1, -0.05) is 29.4 Å². The van der Waals surface area contributed by atoms with Gasteiger partial charge in [-0.3, -0.25) is 4.79 Å². The Morgan fingerprint density at radius 1 is 1.27 bits per heavy atom. The highest BCUT2D eigenvalue weighted by atomic mass is 32.1. The number of rotatable bonds is 4. The standard InChI is InChI=1S/C23H22N4O2S/c1-15-5-2-3-7-18(15)22-25-21(29-26-22)11-16-6-4-10-27(13-16)23(28)17-8-9-19-20(12-17)30-14-24-19/h2-3,5,7-9,12,14,16H,4,6,10-11,13H2,1H3. The summed E-state index contributed by atoms with van der Waals surface area (Å²) in [7, 11) is 0. The second-order valence-corrected chi connectivity index (χ2v) is 8.71. The lowest BCUT2D eigenvalue weighted by atomic mass is 9.94. The molecule has 30 heavy (non-hydrogen) atoms. The molecule has 1 aliphatic rings. The monoisotopic (exact) mass is 418 g/mol. The molecule has 2 aromatic carbocycles. The molecule has 4 aromatic rings. The van der Waals surface area contributed by atoms with Gasteiger partial charge in [0.1, 0.15) is 0 Å². The first kappa shape index (κ1) is 18.9. The Balaban J connectivity index is 1.28. The molecule has 5 rings (SSSR count). The van der Waals surface area contributed by atoms with E-state index in [2.05, 4.69) is 15.1 Å². The van der Waals surface area contributed by atoms with Crippen LogP contribution in [0, 0.1) is 12.8 Å². The summed E-state index contributed by atoms with van der Waals surface area (Å²) < 4.78 is 6.57. The van der Waals surface area contributed by atoms with E-state index in [1.807, 2.05) is 59.8 Å². The summed E-state index contributed by atoms with van der Waals surface area (Å²) >= 11 is 1.56. The fourth-order valence-electron chi connectivity index (χ4n) is 4.10. The van der Waals surface area contributed by atoms with Gasteiger partial charge in [0, 0.05) is 30.6 Å². The Morgan fingerprint density at radius 2 is 2.17 bits per heavy atom. The first-order valence-corrected chi connectivity index (χ1v) is 11.1. The number of carbonyl (C=O) groups is 1. The second kappa shape index (κ2) is 7.99. The van der Waals surface area contributed by atoms with Crippen molar-refractivity contribution in [2.45, 2.75) is 26.2 Å². The molecule has 0 aliphatic carbocycles. The number of thiazole rings is 1. The number of fused-ring (bicyclic) bond motifs is 1. The van der Waals surface area contributed by atoms with Crippen LogP contribution < -0.4 is 0 Å². The highest BCUT2D eigenvalue weighted by molar-refractivity contribution is 7.16. The number of aromatic nitrogens is 3. The summed E-state index contributed by atoms with van der Waals surface area (Å²) in [5, 5.41) is 4.17. The predicted molar refractivity (Wildman–Crippen MR) is 116 cm³/mol. The van der Waals surface area contributed by atoms with Crippen molar-refractivity contribution < 1.29 is 9.32 Å². The molecule has 0 spiro atoms. The van der Waals surface area contributed by atoms with Crippen LogP contribution in [-0.2, 0) is 6.42 Å². The van der Waals surface area contributed by atoms with E-state index in [4.69, 9.17) is 4.52 Å². The molecule has 1 unspecified atom stereocenters. The van der Waals surface area contributed by atoms with Crippen LogP contribution in [0.4, 0.5) is 0 Å². The molecule has 0 radical (unpaired) electrons. The van der Waals surface area contributed by atoms with Gasteiger partial charge in [0.25, 0.3) is 5.91 Å². The van der Waals surface area contributed by atoms with Crippen LogP contribution in [0.3, 0.4) is 0 Å². The van der Waals surface area contributed by atoms with E-state index >= 15 is 0 Å². The van der Waals surface area contributed by atoms with Crippen molar-refractivity contribution in [2.24, 2.45) is 5.92 Å². The van der Waals surface area contributed by atoms with E-state index in [0.717, 1.165) is 46.3 Å². The lowest BCUT2D eigenvalue weighted by Gasteiger charge is -2.32.